The number of likely N-dealkylation sites (tertiary alicyclic amines) is 1. The van der Waals surface area contributed by atoms with E-state index >= 15 is 0 Å². The Morgan fingerprint density at radius 3 is 2.31 bits per heavy atom. The standard InChI is InChI=1S/C26H39N3O6/c1-17(2)15-20(24(32)34-16-19-11-8-7-9-12-19)28-22(30)21-13-10-14-29(21)23(31)18(3)27-25(33)35-26(4,5)6/h7-9,11-12,17-18,20-21H,10,13-16H2,1-6H3,(H,27,33)(H,28,30)/t18-,20-,21-/m0/s1. The van der Waals surface area contributed by atoms with Gasteiger partial charge < -0.3 is 25.0 Å². The second kappa shape index (κ2) is 12.6. The molecule has 194 valence electrons. The van der Waals surface area contributed by atoms with Gasteiger partial charge in [0.05, 0.1) is 0 Å². The fourth-order valence-corrected chi connectivity index (χ4v) is 3.88. The molecule has 0 spiro atoms. The Kier molecular flexibility index (Phi) is 10.1. The Hall–Kier alpha value is -3.10. The van der Waals surface area contributed by atoms with Crippen LogP contribution in [0.2, 0.25) is 0 Å². The molecule has 1 heterocycles. The van der Waals surface area contributed by atoms with Crippen LogP contribution in [-0.4, -0.2) is 59.0 Å². The van der Waals surface area contributed by atoms with E-state index in [2.05, 4.69) is 10.6 Å². The van der Waals surface area contributed by atoms with Crippen LogP contribution >= 0.6 is 0 Å². The van der Waals surface area contributed by atoms with Crippen molar-refractivity contribution in [2.45, 2.75) is 91.1 Å². The molecule has 1 aliphatic rings. The minimum atomic E-state index is -0.861. The molecule has 1 fully saturated rings. The van der Waals surface area contributed by atoms with Crippen molar-refractivity contribution in [1.82, 2.24) is 15.5 Å². The van der Waals surface area contributed by atoms with Gasteiger partial charge in [-0.3, -0.25) is 9.59 Å². The summed E-state index contributed by atoms with van der Waals surface area (Å²) in [5.41, 5.74) is 0.165. The largest absolute Gasteiger partial charge is 0.459 e. The first-order valence-corrected chi connectivity index (χ1v) is 12.2. The number of hydrogen-bond donors (Lipinski definition) is 2. The maximum atomic E-state index is 13.1. The van der Waals surface area contributed by atoms with Crippen molar-refractivity contribution in [3.05, 3.63) is 35.9 Å². The van der Waals surface area contributed by atoms with Crippen molar-refractivity contribution in [1.29, 1.82) is 0 Å². The van der Waals surface area contributed by atoms with Gasteiger partial charge in [0, 0.05) is 6.54 Å². The van der Waals surface area contributed by atoms with Crippen molar-refractivity contribution >= 4 is 23.9 Å². The van der Waals surface area contributed by atoms with Gasteiger partial charge in [-0.2, -0.15) is 0 Å². The van der Waals surface area contributed by atoms with Crippen molar-refractivity contribution in [3.8, 4) is 0 Å². The summed E-state index contributed by atoms with van der Waals surface area (Å²) in [7, 11) is 0. The quantitative estimate of drug-likeness (QED) is 0.515. The number of ether oxygens (including phenoxy) is 2. The molecule has 0 saturated carbocycles. The lowest BCUT2D eigenvalue weighted by Gasteiger charge is -2.29. The number of nitrogens with one attached hydrogen (secondary N) is 2. The molecule has 0 bridgehead atoms. The second-order valence-electron chi connectivity index (χ2n) is 10.3. The molecule has 9 heteroatoms. The van der Waals surface area contributed by atoms with Crippen LogP contribution in [0, 0.1) is 5.92 Å². The first-order valence-electron chi connectivity index (χ1n) is 12.2. The van der Waals surface area contributed by atoms with Crippen LogP contribution in [0.4, 0.5) is 4.79 Å². The van der Waals surface area contributed by atoms with E-state index in [0.29, 0.717) is 25.8 Å². The summed E-state index contributed by atoms with van der Waals surface area (Å²) in [6.45, 7) is 11.2. The van der Waals surface area contributed by atoms with E-state index < -0.39 is 41.7 Å². The van der Waals surface area contributed by atoms with E-state index in [-0.39, 0.29) is 18.4 Å². The van der Waals surface area contributed by atoms with E-state index in [1.807, 2.05) is 44.2 Å². The molecule has 0 radical (unpaired) electrons. The number of rotatable bonds is 9. The van der Waals surface area contributed by atoms with Crippen molar-refractivity contribution in [3.63, 3.8) is 0 Å². The predicted octanol–water partition coefficient (Wildman–Crippen LogP) is 3.16. The number of carbonyl (C=O) groups excluding carboxylic acids is 4. The topological polar surface area (TPSA) is 114 Å². The lowest BCUT2D eigenvalue weighted by Crippen LogP contribution is -2.55. The second-order valence-corrected chi connectivity index (χ2v) is 10.3. The summed E-state index contributed by atoms with van der Waals surface area (Å²) in [6, 6.07) is 6.92. The smallest absolute Gasteiger partial charge is 0.408 e. The summed E-state index contributed by atoms with van der Waals surface area (Å²) in [5, 5.41) is 5.33. The molecule has 0 unspecified atom stereocenters. The molecule has 1 aromatic carbocycles. The Balaban J connectivity index is 2.00. The highest BCUT2D eigenvalue weighted by molar-refractivity contribution is 5.93. The van der Waals surface area contributed by atoms with Crippen LogP contribution in [-0.2, 0) is 30.5 Å². The van der Waals surface area contributed by atoms with Gasteiger partial charge in [0.25, 0.3) is 0 Å². The summed E-state index contributed by atoms with van der Waals surface area (Å²) in [5.74, 6) is -1.14. The number of benzene rings is 1. The molecule has 1 aliphatic heterocycles. The van der Waals surface area contributed by atoms with Gasteiger partial charge in [0.1, 0.15) is 30.3 Å². The average Bonchev–Trinajstić information content (AvgIpc) is 3.25. The number of esters is 1. The first kappa shape index (κ1) is 28.1. The third-order valence-electron chi connectivity index (χ3n) is 5.47. The third-order valence-corrected chi connectivity index (χ3v) is 5.47. The van der Waals surface area contributed by atoms with Gasteiger partial charge in [-0.05, 0) is 58.4 Å². The first-order chi connectivity index (χ1) is 16.4. The lowest BCUT2D eigenvalue weighted by molar-refractivity contribution is -0.150. The molecule has 2 N–H and O–H groups in total. The highest BCUT2D eigenvalue weighted by Crippen LogP contribution is 2.20. The van der Waals surface area contributed by atoms with Crippen molar-refractivity contribution in [2.24, 2.45) is 5.92 Å². The van der Waals surface area contributed by atoms with Gasteiger partial charge in [-0.1, -0.05) is 44.2 Å². The molecule has 1 saturated heterocycles. The molecule has 1 aromatic rings. The van der Waals surface area contributed by atoms with Crippen LogP contribution < -0.4 is 10.6 Å². The molecular formula is C26H39N3O6. The molecule has 3 amide bonds. The van der Waals surface area contributed by atoms with Crippen molar-refractivity contribution < 1.29 is 28.7 Å². The molecule has 35 heavy (non-hydrogen) atoms. The van der Waals surface area contributed by atoms with Crippen LogP contribution in [0.25, 0.3) is 0 Å². The zero-order valence-electron chi connectivity index (χ0n) is 21.6. The van der Waals surface area contributed by atoms with E-state index in [4.69, 9.17) is 9.47 Å². The number of amides is 3. The lowest BCUT2D eigenvalue weighted by atomic mass is 10.0. The number of alkyl carbamates (subject to hydrolysis) is 1. The number of nitrogens with zero attached hydrogens (tertiary/aromatic N) is 1. The Morgan fingerprint density at radius 1 is 1.06 bits per heavy atom. The highest BCUT2D eigenvalue weighted by atomic mass is 16.6. The normalized spacial score (nSPS) is 17.5. The monoisotopic (exact) mass is 489 g/mol. The number of hydrogen-bond acceptors (Lipinski definition) is 6. The van der Waals surface area contributed by atoms with E-state index in [1.54, 1.807) is 27.7 Å². The average molecular weight is 490 g/mol. The molecule has 2 rings (SSSR count). The molecule has 9 nitrogen and oxygen atoms in total. The summed E-state index contributed by atoms with van der Waals surface area (Å²) < 4.78 is 10.7. The number of carbonyl (C=O) groups is 4. The van der Waals surface area contributed by atoms with Gasteiger partial charge in [-0.15, -0.1) is 0 Å². The summed E-state index contributed by atoms with van der Waals surface area (Å²) in [4.78, 5) is 52.4. The zero-order valence-corrected chi connectivity index (χ0v) is 21.6. The van der Waals surface area contributed by atoms with Crippen LogP contribution in [0.3, 0.4) is 0 Å². The van der Waals surface area contributed by atoms with Gasteiger partial charge in [0.15, 0.2) is 0 Å². The molecule has 0 aromatic heterocycles. The third kappa shape index (κ3) is 9.22. The minimum absolute atomic E-state index is 0.117. The molecule has 0 aliphatic carbocycles. The van der Waals surface area contributed by atoms with E-state index in [9.17, 15) is 19.2 Å². The molecular weight excluding hydrogens is 450 g/mol. The van der Waals surface area contributed by atoms with E-state index in [1.165, 1.54) is 4.90 Å². The predicted molar refractivity (Wildman–Crippen MR) is 131 cm³/mol. The van der Waals surface area contributed by atoms with Gasteiger partial charge in [-0.25, -0.2) is 9.59 Å². The Morgan fingerprint density at radius 2 is 1.71 bits per heavy atom. The summed E-state index contributed by atoms with van der Waals surface area (Å²) >= 11 is 0. The minimum Gasteiger partial charge on any atom is -0.459 e. The Bertz CT molecular complexity index is 881. The van der Waals surface area contributed by atoms with E-state index in [0.717, 1.165) is 5.56 Å². The van der Waals surface area contributed by atoms with Gasteiger partial charge >= 0.3 is 12.1 Å². The van der Waals surface area contributed by atoms with Crippen LogP contribution in [0.15, 0.2) is 30.3 Å². The fraction of sp³-hybridized carbons (Fsp3) is 0.615. The van der Waals surface area contributed by atoms with Crippen molar-refractivity contribution in [2.75, 3.05) is 6.54 Å². The Labute approximate surface area is 207 Å². The van der Waals surface area contributed by atoms with Crippen LogP contribution in [0.1, 0.15) is 66.4 Å². The van der Waals surface area contributed by atoms with Gasteiger partial charge in [0.2, 0.25) is 11.8 Å². The zero-order chi connectivity index (χ0) is 26.2. The van der Waals surface area contributed by atoms with Crippen LogP contribution in [0.5, 0.6) is 0 Å². The maximum absolute atomic E-state index is 13.1. The highest BCUT2D eigenvalue weighted by Gasteiger charge is 2.38. The maximum Gasteiger partial charge on any atom is 0.408 e. The molecule has 3 atom stereocenters. The summed E-state index contributed by atoms with van der Waals surface area (Å²) in [6.07, 6.45) is 0.841. The SMILES string of the molecule is CC(C)C[C@H](NC(=O)[C@@H]1CCCN1C(=O)[C@H](C)NC(=O)OC(C)(C)C)C(=O)OCc1ccccc1. The fourth-order valence-electron chi connectivity index (χ4n) is 3.88.